The fraction of sp³-hybridized carbons (Fsp3) is 0.188. The number of amides is 1. The maximum Gasteiger partial charge on any atom is 0.248 e. The minimum absolute atomic E-state index is 0.438. The average Bonchev–Trinajstić information content (AvgIpc) is 2.49. The molecule has 5 nitrogen and oxygen atoms in total. The van der Waals surface area contributed by atoms with Crippen LogP contribution in [0.15, 0.2) is 42.5 Å². The number of nitrogen functional groups attached to an aromatic ring is 1. The van der Waals surface area contributed by atoms with Gasteiger partial charge in [-0.2, -0.15) is 0 Å². The van der Waals surface area contributed by atoms with E-state index in [2.05, 4.69) is 5.32 Å². The monoisotopic (exact) mass is 285 g/mol. The Morgan fingerprint density at radius 3 is 2.76 bits per heavy atom. The first-order valence-corrected chi connectivity index (χ1v) is 6.66. The van der Waals surface area contributed by atoms with Gasteiger partial charge in [0, 0.05) is 12.1 Å². The summed E-state index contributed by atoms with van der Waals surface area (Å²) in [5.74, 6) is 0.369. The molecular formula is C16H19N3O2. The highest BCUT2D eigenvalue weighted by Crippen LogP contribution is 2.20. The zero-order chi connectivity index (χ0) is 15.2. The summed E-state index contributed by atoms with van der Waals surface area (Å²) in [5.41, 5.74) is 14.0. The highest BCUT2D eigenvalue weighted by atomic mass is 16.5. The van der Waals surface area contributed by atoms with E-state index in [0.717, 1.165) is 17.7 Å². The number of hydrogen-bond donors (Lipinski definition) is 3. The fourth-order valence-electron chi connectivity index (χ4n) is 2.03. The van der Waals surface area contributed by atoms with Crippen LogP contribution in [0.2, 0.25) is 0 Å². The lowest BCUT2D eigenvalue weighted by Gasteiger charge is -2.11. The van der Waals surface area contributed by atoms with Crippen molar-refractivity contribution in [3.8, 4) is 5.75 Å². The van der Waals surface area contributed by atoms with E-state index in [1.54, 1.807) is 25.3 Å². The molecule has 0 aromatic heterocycles. The Hall–Kier alpha value is -2.69. The van der Waals surface area contributed by atoms with E-state index in [9.17, 15) is 4.79 Å². The van der Waals surface area contributed by atoms with Crippen molar-refractivity contribution < 1.29 is 9.53 Å². The van der Waals surface area contributed by atoms with Crippen LogP contribution in [0, 0.1) is 0 Å². The Morgan fingerprint density at radius 1 is 1.24 bits per heavy atom. The molecule has 2 rings (SSSR count). The summed E-state index contributed by atoms with van der Waals surface area (Å²) in [6.07, 6.45) is 0.817. The van der Waals surface area contributed by atoms with Crippen molar-refractivity contribution >= 4 is 17.3 Å². The number of primary amides is 1. The summed E-state index contributed by atoms with van der Waals surface area (Å²) in [4.78, 5) is 11.2. The molecule has 0 saturated carbocycles. The molecule has 0 fully saturated rings. The average molecular weight is 285 g/mol. The number of ether oxygens (including phenoxy) is 1. The van der Waals surface area contributed by atoms with E-state index in [4.69, 9.17) is 16.2 Å². The van der Waals surface area contributed by atoms with Crippen LogP contribution in [0.25, 0.3) is 0 Å². The van der Waals surface area contributed by atoms with Crippen LogP contribution in [0.4, 0.5) is 11.4 Å². The number of anilines is 2. The first kappa shape index (κ1) is 14.7. The van der Waals surface area contributed by atoms with Crippen LogP contribution < -0.4 is 21.5 Å². The van der Waals surface area contributed by atoms with E-state index in [1.807, 2.05) is 24.3 Å². The van der Waals surface area contributed by atoms with Gasteiger partial charge in [0.05, 0.1) is 18.5 Å². The second-order valence-corrected chi connectivity index (χ2v) is 4.69. The van der Waals surface area contributed by atoms with Crippen LogP contribution in [0.5, 0.6) is 5.75 Å². The lowest BCUT2D eigenvalue weighted by molar-refractivity contribution is 0.100. The van der Waals surface area contributed by atoms with Crippen LogP contribution in [-0.4, -0.2) is 19.6 Å². The van der Waals surface area contributed by atoms with E-state index in [-0.39, 0.29) is 0 Å². The van der Waals surface area contributed by atoms with Gasteiger partial charge in [-0.15, -0.1) is 0 Å². The van der Waals surface area contributed by atoms with Crippen molar-refractivity contribution in [2.45, 2.75) is 6.42 Å². The van der Waals surface area contributed by atoms with Gasteiger partial charge in [0.1, 0.15) is 5.75 Å². The highest BCUT2D eigenvalue weighted by Gasteiger charge is 2.05. The van der Waals surface area contributed by atoms with Crippen molar-refractivity contribution in [1.82, 2.24) is 0 Å². The smallest absolute Gasteiger partial charge is 0.248 e. The standard InChI is InChI=1S/C16H19N3O2/c1-21-13-4-2-3-11(9-13)7-8-19-15-10-12(16(18)20)5-6-14(15)17/h2-6,9-10,19H,7-8,17H2,1H3,(H2,18,20). The largest absolute Gasteiger partial charge is 0.497 e. The maximum absolute atomic E-state index is 11.2. The zero-order valence-corrected chi connectivity index (χ0v) is 11.9. The predicted molar refractivity (Wildman–Crippen MR) is 84.6 cm³/mol. The van der Waals surface area contributed by atoms with Crippen LogP contribution >= 0.6 is 0 Å². The van der Waals surface area contributed by atoms with Gasteiger partial charge in [-0.1, -0.05) is 12.1 Å². The number of hydrogen-bond acceptors (Lipinski definition) is 4. The van der Waals surface area contributed by atoms with Crippen molar-refractivity contribution in [2.24, 2.45) is 5.73 Å². The summed E-state index contributed by atoms with van der Waals surface area (Å²) >= 11 is 0. The highest BCUT2D eigenvalue weighted by molar-refractivity contribution is 5.94. The molecule has 2 aromatic rings. The van der Waals surface area contributed by atoms with Crippen molar-refractivity contribution in [2.75, 3.05) is 24.7 Å². The third-order valence-electron chi connectivity index (χ3n) is 3.20. The first-order valence-electron chi connectivity index (χ1n) is 6.66. The number of carbonyl (C=O) groups is 1. The van der Waals surface area contributed by atoms with Crippen molar-refractivity contribution in [3.05, 3.63) is 53.6 Å². The predicted octanol–water partition coefficient (Wildman–Crippen LogP) is 2.03. The molecule has 5 heteroatoms. The Bertz CT molecular complexity index is 641. The molecule has 0 saturated heterocycles. The second kappa shape index (κ2) is 6.65. The Kier molecular flexibility index (Phi) is 4.66. The molecule has 5 N–H and O–H groups in total. The Balaban J connectivity index is 1.99. The molecule has 0 unspecified atom stereocenters. The maximum atomic E-state index is 11.2. The second-order valence-electron chi connectivity index (χ2n) is 4.69. The lowest BCUT2D eigenvalue weighted by atomic mass is 10.1. The molecule has 0 bridgehead atoms. The van der Waals surface area contributed by atoms with E-state index < -0.39 is 5.91 Å². The molecule has 0 atom stereocenters. The molecular weight excluding hydrogens is 266 g/mol. The summed E-state index contributed by atoms with van der Waals surface area (Å²) < 4.78 is 5.19. The number of nitrogens with two attached hydrogens (primary N) is 2. The lowest BCUT2D eigenvalue weighted by Crippen LogP contribution is -2.13. The number of methoxy groups -OCH3 is 1. The number of rotatable bonds is 6. The fourth-order valence-corrected chi connectivity index (χ4v) is 2.03. The van der Waals surface area contributed by atoms with Gasteiger partial charge < -0.3 is 21.5 Å². The topological polar surface area (TPSA) is 90.4 Å². The molecule has 110 valence electrons. The molecule has 0 aliphatic carbocycles. The van der Waals surface area contributed by atoms with E-state index >= 15 is 0 Å². The summed E-state index contributed by atoms with van der Waals surface area (Å²) in [6.45, 7) is 0.694. The molecule has 0 radical (unpaired) electrons. The van der Waals surface area contributed by atoms with Crippen molar-refractivity contribution in [1.29, 1.82) is 0 Å². The van der Waals surface area contributed by atoms with Crippen LogP contribution in [0.1, 0.15) is 15.9 Å². The van der Waals surface area contributed by atoms with Gasteiger partial charge in [0.25, 0.3) is 0 Å². The van der Waals surface area contributed by atoms with Gasteiger partial charge in [-0.05, 0) is 42.3 Å². The Morgan fingerprint density at radius 2 is 2.05 bits per heavy atom. The van der Waals surface area contributed by atoms with E-state index in [0.29, 0.717) is 23.5 Å². The third-order valence-corrected chi connectivity index (χ3v) is 3.20. The van der Waals surface area contributed by atoms with E-state index in [1.165, 1.54) is 0 Å². The van der Waals surface area contributed by atoms with Crippen LogP contribution in [0.3, 0.4) is 0 Å². The zero-order valence-electron chi connectivity index (χ0n) is 11.9. The molecule has 21 heavy (non-hydrogen) atoms. The SMILES string of the molecule is COc1cccc(CCNc2cc(C(N)=O)ccc2N)c1. The molecule has 0 heterocycles. The number of nitrogens with one attached hydrogen (secondary N) is 1. The first-order chi connectivity index (χ1) is 10.1. The van der Waals surface area contributed by atoms with Gasteiger partial charge in [-0.25, -0.2) is 0 Å². The van der Waals surface area contributed by atoms with Gasteiger partial charge in [0.2, 0.25) is 5.91 Å². The summed E-state index contributed by atoms with van der Waals surface area (Å²) in [7, 11) is 1.65. The molecule has 0 aliphatic rings. The minimum Gasteiger partial charge on any atom is -0.497 e. The Labute approximate surface area is 123 Å². The van der Waals surface area contributed by atoms with Gasteiger partial charge >= 0.3 is 0 Å². The summed E-state index contributed by atoms with van der Waals surface area (Å²) in [5, 5.41) is 3.22. The number of carbonyl (C=O) groups excluding carboxylic acids is 1. The molecule has 0 spiro atoms. The summed E-state index contributed by atoms with van der Waals surface area (Å²) in [6, 6.07) is 12.8. The quantitative estimate of drug-likeness (QED) is 0.708. The minimum atomic E-state index is -0.467. The molecule has 0 aliphatic heterocycles. The molecule has 1 amide bonds. The molecule has 2 aromatic carbocycles. The third kappa shape index (κ3) is 3.89. The van der Waals surface area contributed by atoms with Crippen molar-refractivity contribution in [3.63, 3.8) is 0 Å². The van der Waals surface area contributed by atoms with Gasteiger partial charge in [-0.3, -0.25) is 4.79 Å². The normalized spacial score (nSPS) is 10.1. The van der Waals surface area contributed by atoms with Crippen LogP contribution in [-0.2, 0) is 6.42 Å². The number of benzene rings is 2. The van der Waals surface area contributed by atoms with Gasteiger partial charge in [0.15, 0.2) is 0 Å².